The first-order valence-corrected chi connectivity index (χ1v) is 13.0. The molecular formula is C28H34N8O4. The van der Waals surface area contributed by atoms with E-state index in [2.05, 4.69) is 25.9 Å². The Kier molecular flexibility index (Phi) is 9.02. The second-order valence-corrected chi connectivity index (χ2v) is 9.68. The lowest BCUT2D eigenvalue weighted by atomic mass is 10.0. The number of carbonyl (C=O) groups is 3. The molecular weight excluding hydrogens is 512 g/mol. The number of carbonyl (C=O) groups excluding carboxylic acids is 2. The van der Waals surface area contributed by atoms with E-state index in [0.29, 0.717) is 19.4 Å². The zero-order chi connectivity index (χ0) is 28.6. The summed E-state index contributed by atoms with van der Waals surface area (Å²) in [6.45, 7) is 0.379. The number of fused-ring (bicyclic) bond motifs is 2. The Balaban J connectivity index is 1.50. The van der Waals surface area contributed by atoms with Gasteiger partial charge in [0.05, 0.1) is 6.04 Å². The first kappa shape index (κ1) is 28.2. The fraction of sp³-hybridized carbons (Fsp3) is 0.286. The minimum absolute atomic E-state index is 0.0570. The number of nitrogens with two attached hydrogens (primary N) is 2. The molecule has 0 aliphatic heterocycles. The van der Waals surface area contributed by atoms with Gasteiger partial charge in [-0.05, 0) is 36.1 Å². The van der Waals surface area contributed by atoms with Crippen LogP contribution in [0.5, 0.6) is 0 Å². The van der Waals surface area contributed by atoms with Gasteiger partial charge in [0.25, 0.3) is 0 Å². The van der Waals surface area contributed by atoms with E-state index in [1.54, 1.807) is 12.4 Å². The van der Waals surface area contributed by atoms with Crippen molar-refractivity contribution in [3.05, 3.63) is 72.1 Å². The average molecular weight is 547 g/mol. The average Bonchev–Trinajstić information content (AvgIpc) is 3.54. The molecule has 2 amide bonds. The van der Waals surface area contributed by atoms with E-state index >= 15 is 0 Å². The number of carboxylic acid groups (broad SMARTS) is 1. The molecule has 12 nitrogen and oxygen atoms in total. The molecule has 40 heavy (non-hydrogen) atoms. The number of hydrogen-bond acceptors (Lipinski definition) is 5. The summed E-state index contributed by atoms with van der Waals surface area (Å²) in [4.78, 5) is 44.9. The highest BCUT2D eigenvalue weighted by Crippen LogP contribution is 2.21. The molecule has 0 radical (unpaired) electrons. The normalized spacial score (nSPS) is 13.4. The van der Waals surface area contributed by atoms with E-state index in [0.717, 1.165) is 32.9 Å². The predicted molar refractivity (Wildman–Crippen MR) is 153 cm³/mol. The zero-order valence-electron chi connectivity index (χ0n) is 21.9. The molecule has 2 aromatic heterocycles. The largest absolute Gasteiger partial charge is 0.480 e. The summed E-state index contributed by atoms with van der Waals surface area (Å²) in [5.41, 5.74) is 14.6. The first-order valence-electron chi connectivity index (χ1n) is 13.0. The van der Waals surface area contributed by atoms with Gasteiger partial charge < -0.3 is 42.5 Å². The number of amides is 2. The van der Waals surface area contributed by atoms with Gasteiger partial charge in [-0.3, -0.25) is 15.0 Å². The summed E-state index contributed by atoms with van der Waals surface area (Å²) in [5.74, 6) is -2.53. The maximum atomic E-state index is 13.5. The van der Waals surface area contributed by atoms with E-state index < -0.39 is 35.9 Å². The van der Waals surface area contributed by atoms with Crippen LogP contribution in [-0.4, -0.2) is 63.5 Å². The topological polar surface area (TPSA) is 215 Å². The van der Waals surface area contributed by atoms with Crippen molar-refractivity contribution in [3.8, 4) is 0 Å². The molecule has 12 heteroatoms. The quantitative estimate of drug-likeness (QED) is 0.0675. The van der Waals surface area contributed by atoms with Crippen molar-refractivity contribution >= 4 is 45.5 Å². The van der Waals surface area contributed by atoms with Crippen LogP contribution in [0.15, 0.2) is 60.9 Å². The van der Waals surface area contributed by atoms with Gasteiger partial charge in [-0.25, -0.2) is 4.79 Å². The lowest BCUT2D eigenvalue weighted by Gasteiger charge is -2.23. The van der Waals surface area contributed by atoms with Crippen molar-refractivity contribution in [3.63, 3.8) is 0 Å². The third kappa shape index (κ3) is 6.97. The highest BCUT2D eigenvalue weighted by atomic mass is 16.4. The summed E-state index contributed by atoms with van der Waals surface area (Å²) in [6.07, 6.45) is 4.47. The smallest absolute Gasteiger partial charge is 0.326 e. The molecule has 0 bridgehead atoms. The minimum atomic E-state index is -1.22. The van der Waals surface area contributed by atoms with Crippen molar-refractivity contribution in [2.45, 2.75) is 43.8 Å². The molecule has 0 aliphatic carbocycles. The van der Waals surface area contributed by atoms with Gasteiger partial charge in [0.2, 0.25) is 11.8 Å². The second kappa shape index (κ2) is 12.8. The van der Waals surface area contributed by atoms with Crippen LogP contribution in [0.3, 0.4) is 0 Å². The summed E-state index contributed by atoms with van der Waals surface area (Å²) in [6, 6.07) is 11.9. The summed E-state index contributed by atoms with van der Waals surface area (Å²) >= 11 is 0. The SMILES string of the molecule is N=C(N)NCCC[C@H](N)C(=O)N[C@@H](Cc1c[nH]c2ccccc12)C(=O)N[C@@H](Cc1c[nH]c2ccccc12)C(=O)O. The van der Waals surface area contributed by atoms with Crippen molar-refractivity contribution in [2.75, 3.05) is 6.54 Å². The molecule has 4 aromatic rings. The molecule has 0 unspecified atom stereocenters. The standard InChI is InChI=1S/C28H34N8O4/c29-20(8-5-11-32-28(30)31)25(37)35-23(12-16-14-33-21-9-3-1-6-18(16)21)26(38)36-24(27(39)40)13-17-15-34-22-10-4-2-7-19(17)22/h1-4,6-7,9-10,14-15,20,23-24,33-34H,5,8,11-13,29H2,(H,35,37)(H,36,38)(H,39,40)(H4,30,31,32)/t20-,23-,24-/m0/s1. The lowest BCUT2D eigenvalue weighted by molar-refractivity contribution is -0.142. The van der Waals surface area contributed by atoms with Crippen LogP contribution in [0, 0.1) is 5.41 Å². The Morgan fingerprint density at radius 1 is 0.850 bits per heavy atom. The molecule has 2 aromatic carbocycles. The number of rotatable bonds is 13. The van der Waals surface area contributed by atoms with Crippen LogP contribution >= 0.6 is 0 Å². The van der Waals surface area contributed by atoms with E-state index in [1.807, 2.05) is 48.5 Å². The number of H-pyrrole nitrogens is 2. The summed E-state index contributed by atoms with van der Waals surface area (Å²) in [5, 5.41) is 26.9. The summed E-state index contributed by atoms with van der Waals surface area (Å²) < 4.78 is 0. The number of aromatic amines is 2. The molecule has 0 aliphatic rings. The lowest BCUT2D eigenvalue weighted by Crippen LogP contribution is -2.55. The van der Waals surface area contributed by atoms with Gasteiger partial charge in [-0.2, -0.15) is 0 Å². The number of hydrogen-bond donors (Lipinski definition) is 9. The van der Waals surface area contributed by atoms with E-state index in [-0.39, 0.29) is 18.8 Å². The highest BCUT2D eigenvalue weighted by molar-refractivity contribution is 5.93. The van der Waals surface area contributed by atoms with Crippen molar-refractivity contribution in [1.82, 2.24) is 25.9 Å². The van der Waals surface area contributed by atoms with Crippen LogP contribution < -0.4 is 27.4 Å². The highest BCUT2D eigenvalue weighted by Gasteiger charge is 2.29. The molecule has 210 valence electrons. The van der Waals surface area contributed by atoms with Crippen molar-refractivity contribution in [2.24, 2.45) is 11.5 Å². The predicted octanol–water partition coefficient (Wildman–Crippen LogP) is 1.08. The molecule has 0 saturated heterocycles. The van der Waals surface area contributed by atoms with Gasteiger partial charge in [0.15, 0.2) is 5.96 Å². The maximum Gasteiger partial charge on any atom is 0.326 e. The number of aromatic nitrogens is 2. The number of aliphatic carboxylic acids is 1. The van der Waals surface area contributed by atoms with Crippen molar-refractivity contribution in [1.29, 1.82) is 5.41 Å². The minimum Gasteiger partial charge on any atom is -0.480 e. The Morgan fingerprint density at radius 3 is 1.93 bits per heavy atom. The van der Waals surface area contributed by atoms with Gasteiger partial charge in [0, 0.05) is 53.6 Å². The Bertz CT molecular complexity index is 1510. The molecule has 0 saturated carbocycles. The zero-order valence-corrected chi connectivity index (χ0v) is 21.9. The van der Waals surface area contributed by atoms with E-state index in [4.69, 9.17) is 16.9 Å². The first-order chi connectivity index (χ1) is 19.2. The number of guanidine groups is 1. The van der Waals surface area contributed by atoms with E-state index in [1.165, 1.54) is 0 Å². The van der Waals surface area contributed by atoms with Crippen LogP contribution in [0.2, 0.25) is 0 Å². The third-order valence-corrected chi connectivity index (χ3v) is 6.79. The molecule has 0 fully saturated rings. The number of carboxylic acids is 1. The van der Waals surface area contributed by atoms with E-state index in [9.17, 15) is 19.5 Å². The number of nitrogens with one attached hydrogen (secondary N) is 6. The monoisotopic (exact) mass is 546 g/mol. The molecule has 11 N–H and O–H groups in total. The van der Waals surface area contributed by atoms with Gasteiger partial charge in [-0.15, -0.1) is 0 Å². The van der Waals surface area contributed by atoms with Gasteiger partial charge in [0.1, 0.15) is 12.1 Å². The molecule has 4 rings (SSSR count). The Hall–Kier alpha value is -4.84. The fourth-order valence-corrected chi connectivity index (χ4v) is 4.68. The summed E-state index contributed by atoms with van der Waals surface area (Å²) in [7, 11) is 0. The van der Waals surface area contributed by atoms with Gasteiger partial charge >= 0.3 is 5.97 Å². The maximum absolute atomic E-state index is 13.5. The van der Waals surface area contributed by atoms with Crippen LogP contribution in [0.1, 0.15) is 24.0 Å². The second-order valence-electron chi connectivity index (χ2n) is 9.68. The third-order valence-electron chi connectivity index (χ3n) is 6.79. The molecule has 0 spiro atoms. The number of para-hydroxylation sites is 2. The van der Waals surface area contributed by atoms with Crippen molar-refractivity contribution < 1.29 is 19.5 Å². The van der Waals surface area contributed by atoms with Crippen LogP contribution in [-0.2, 0) is 27.2 Å². The molecule has 3 atom stereocenters. The van der Waals surface area contributed by atoms with Crippen LogP contribution in [0.4, 0.5) is 0 Å². The fourth-order valence-electron chi connectivity index (χ4n) is 4.68. The van der Waals surface area contributed by atoms with Gasteiger partial charge in [-0.1, -0.05) is 36.4 Å². The Labute approximate surface area is 230 Å². The Morgan fingerprint density at radius 2 is 1.38 bits per heavy atom. The number of benzene rings is 2. The molecule has 2 heterocycles. The van der Waals surface area contributed by atoms with Crippen LogP contribution in [0.25, 0.3) is 21.8 Å².